The fraction of sp³-hybridized carbons (Fsp3) is 0.611. The van der Waals surface area contributed by atoms with Crippen LogP contribution in [0.3, 0.4) is 0 Å². The van der Waals surface area contributed by atoms with Crippen LogP contribution in [0.25, 0.3) is 0 Å². The lowest BCUT2D eigenvalue weighted by atomic mass is 10.2. The minimum absolute atomic E-state index is 0.0340. The quantitative estimate of drug-likeness (QED) is 0.434. The van der Waals surface area contributed by atoms with Crippen molar-refractivity contribution in [1.29, 1.82) is 0 Å². The number of benzene rings is 1. The minimum atomic E-state index is -3.70. The molecule has 2 fully saturated rings. The maximum atomic E-state index is 12.9. The third-order valence-corrected chi connectivity index (χ3v) is 12.1. The number of carbonyl (C=O) groups excluding carboxylic acids is 1. The summed E-state index contributed by atoms with van der Waals surface area (Å²) >= 11 is 0. The standard InChI is InChI=1S/C18H27NO5SSi/c1-12-7-9-13(10-8-12)25(21,22)19-15-14(24-17(20)16(15)19)11-23-26(5,6)18(2,3)4/h7-10,14-16H,11H2,1-6H3/t14-,15+,16+,19?/m1/s1. The van der Waals surface area contributed by atoms with Gasteiger partial charge in [-0.3, -0.25) is 4.79 Å². The summed E-state index contributed by atoms with van der Waals surface area (Å²) in [6.07, 6.45) is -0.540. The van der Waals surface area contributed by atoms with E-state index in [1.54, 1.807) is 24.3 Å². The van der Waals surface area contributed by atoms with Crippen molar-refractivity contribution in [3.05, 3.63) is 29.8 Å². The first-order valence-corrected chi connectivity index (χ1v) is 13.2. The van der Waals surface area contributed by atoms with Crippen LogP contribution in [0.4, 0.5) is 0 Å². The summed E-state index contributed by atoms with van der Waals surface area (Å²) in [4.78, 5) is 12.3. The fourth-order valence-corrected chi connectivity index (χ4v) is 5.67. The van der Waals surface area contributed by atoms with Crippen LogP contribution in [0, 0.1) is 6.92 Å². The lowest BCUT2D eigenvalue weighted by Crippen LogP contribution is -2.44. The molecule has 26 heavy (non-hydrogen) atoms. The Morgan fingerprint density at radius 3 is 2.31 bits per heavy atom. The monoisotopic (exact) mass is 397 g/mol. The van der Waals surface area contributed by atoms with E-state index in [0.29, 0.717) is 0 Å². The summed E-state index contributed by atoms with van der Waals surface area (Å²) in [5.74, 6) is -0.477. The smallest absolute Gasteiger partial charge is 0.326 e. The van der Waals surface area contributed by atoms with E-state index in [4.69, 9.17) is 9.16 Å². The van der Waals surface area contributed by atoms with E-state index < -0.39 is 42.5 Å². The Kier molecular flexibility index (Phi) is 4.62. The highest BCUT2D eigenvalue weighted by Crippen LogP contribution is 2.45. The summed E-state index contributed by atoms with van der Waals surface area (Å²) in [5, 5.41) is 0.0340. The highest BCUT2D eigenvalue weighted by molar-refractivity contribution is 7.89. The van der Waals surface area contributed by atoms with Gasteiger partial charge in [0.05, 0.1) is 17.5 Å². The number of ether oxygens (including phenoxy) is 1. The molecule has 4 atom stereocenters. The Bertz CT molecular complexity index is 813. The number of hydrogen-bond donors (Lipinski definition) is 0. The van der Waals surface area contributed by atoms with Gasteiger partial charge in [0.15, 0.2) is 8.32 Å². The summed E-state index contributed by atoms with van der Waals surface area (Å²) in [7, 11) is -5.70. The Morgan fingerprint density at radius 1 is 1.19 bits per heavy atom. The van der Waals surface area contributed by atoms with Gasteiger partial charge in [0.1, 0.15) is 12.1 Å². The van der Waals surface area contributed by atoms with E-state index in [1.807, 2.05) is 6.92 Å². The molecular weight excluding hydrogens is 370 g/mol. The number of cyclic esters (lactones) is 1. The van der Waals surface area contributed by atoms with Gasteiger partial charge in [-0.2, -0.15) is 4.31 Å². The highest BCUT2D eigenvalue weighted by atomic mass is 32.2. The SMILES string of the molecule is Cc1ccc(S(=O)(=O)N2[C@@H]3[C@H]2C(=O)O[C@@H]3CO[Si](C)(C)C(C)(C)C)cc1. The van der Waals surface area contributed by atoms with Crippen LogP contribution in [0.5, 0.6) is 0 Å². The Labute approximate surface area is 156 Å². The highest BCUT2D eigenvalue weighted by Gasteiger charge is 2.69. The van der Waals surface area contributed by atoms with Gasteiger partial charge in [-0.1, -0.05) is 38.5 Å². The molecule has 144 valence electrons. The molecular formula is C18H27NO5SSi. The average molecular weight is 398 g/mol. The van der Waals surface area contributed by atoms with Crippen molar-refractivity contribution in [3.8, 4) is 0 Å². The number of nitrogens with zero attached hydrogens (tertiary/aromatic N) is 1. The van der Waals surface area contributed by atoms with E-state index in [-0.39, 0.29) is 16.5 Å². The first-order valence-electron chi connectivity index (χ1n) is 8.81. The van der Waals surface area contributed by atoms with Crippen LogP contribution in [0.1, 0.15) is 26.3 Å². The molecule has 1 unspecified atom stereocenters. The largest absolute Gasteiger partial charge is 0.457 e. The molecule has 2 aliphatic rings. The predicted octanol–water partition coefficient (Wildman–Crippen LogP) is 2.68. The molecule has 1 aromatic rings. The predicted molar refractivity (Wildman–Crippen MR) is 101 cm³/mol. The molecule has 2 saturated heterocycles. The number of hydrogen-bond acceptors (Lipinski definition) is 5. The van der Waals surface area contributed by atoms with Gasteiger partial charge in [-0.15, -0.1) is 0 Å². The van der Waals surface area contributed by atoms with Crippen LogP contribution < -0.4 is 0 Å². The second-order valence-corrected chi connectivity index (χ2v) is 15.3. The van der Waals surface area contributed by atoms with Crippen molar-refractivity contribution >= 4 is 24.3 Å². The zero-order chi connectivity index (χ0) is 19.5. The summed E-state index contributed by atoms with van der Waals surface area (Å²) in [6, 6.07) is 5.48. The number of fused-ring (bicyclic) bond motifs is 1. The molecule has 0 aromatic heterocycles. The number of esters is 1. The molecule has 8 heteroatoms. The first kappa shape index (κ1) is 19.5. The second kappa shape index (κ2) is 6.15. The van der Waals surface area contributed by atoms with Gasteiger partial charge >= 0.3 is 5.97 Å². The van der Waals surface area contributed by atoms with E-state index in [0.717, 1.165) is 5.56 Å². The van der Waals surface area contributed by atoms with Crippen molar-refractivity contribution in [1.82, 2.24) is 4.31 Å². The van der Waals surface area contributed by atoms with E-state index in [2.05, 4.69) is 33.9 Å². The van der Waals surface area contributed by atoms with Crippen LogP contribution in [0.15, 0.2) is 29.2 Å². The van der Waals surface area contributed by atoms with Gasteiger partial charge in [0.25, 0.3) is 0 Å². The van der Waals surface area contributed by atoms with E-state index >= 15 is 0 Å². The minimum Gasteiger partial charge on any atom is -0.457 e. The maximum Gasteiger partial charge on any atom is 0.326 e. The van der Waals surface area contributed by atoms with Crippen molar-refractivity contribution in [2.24, 2.45) is 0 Å². The lowest BCUT2D eigenvalue weighted by molar-refractivity contribution is -0.146. The van der Waals surface area contributed by atoms with Crippen molar-refractivity contribution in [2.75, 3.05) is 6.61 Å². The van der Waals surface area contributed by atoms with Crippen LogP contribution in [0.2, 0.25) is 18.1 Å². The Morgan fingerprint density at radius 2 is 1.77 bits per heavy atom. The third-order valence-electron chi connectivity index (χ3n) is 5.70. The molecule has 0 amide bonds. The molecule has 0 aliphatic carbocycles. The molecule has 0 bridgehead atoms. The molecule has 0 spiro atoms. The van der Waals surface area contributed by atoms with Gasteiger partial charge in [0, 0.05) is 0 Å². The topological polar surface area (TPSA) is 72.7 Å². The molecule has 6 nitrogen and oxygen atoms in total. The van der Waals surface area contributed by atoms with E-state index in [1.165, 1.54) is 4.31 Å². The fourth-order valence-electron chi connectivity index (χ4n) is 2.91. The normalized spacial score (nSPS) is 28.6. The lowest BCUT2D eigenvalue weighted by Gasteiger charge is -2.36. The zero-order valence-corrected chi connectivity index (χ0v) is 18.0. The number of rotatable bonds is 5. The molecule has 0 radical (unpaired) electrons. The molecule has 0 saturated carbocycles. The summed E-state index contributed by atoms with van der Waals surface area (Å²) in [6.45, 7) is 12.8. The maximum absolute atomic E-state index is 12.9. The van der Waals surface area contributed by atoms with Crippen LogP contribution in [-0.4, -0.2) is 51.8 Å². The second-order valence-electron chi connectivity index (χ2n) is 8.63. The van der Waals surface area contributed by atoms with Crippen LogP contribution in [-0.2, 0) is 24.0 Å². The first-order chi connectivity index (χ1) is 11.9. The average Bonchev–Trinajstić information content (AvgIpc) is 3.19. The zero-order valence-electron chi connectivity index (χ0n) is 16.1. The van der Waals surface area contributed by atoms with Gasteiger partial charge in [-0.05, 0) is 37.2 Å². The van der Waals surface area contributed by atoms with Gasteiger partial charge in [-0.25, -0.2) is 8.42 Å². The summed E-state index contributed by atoms with van der Waals surface area (Å²) in [5.41, 5.74) is 0.981. The molecule has 2 aliphatic heterocycles. The van der Waals surface area contributed by atoms with Gasteiger partial charge < -0.3 is 9.16 Å². The number of morpholine rings is 1. The molecule has 2 heterocycles. The number of carbonyl (C=O) groups is 1. The van der Waals surface area contributed by atoms with Gasteiger partial charge in [0.2, 0.25) is 10.0 Å². The third kappa shape index (κ3) is 3.24. The molecule has 1 aromatic carbocycles. The Balaban J connectivity index is 1.74. The number of aryl methyl sites for hydroxylation is 1. The molecule has 0 N–H and O–H groups in total. The van der Waals surface area contributed by atoms with Crippen molar-refractivity contribution in [3.63, 3.8) is 0 Å². The van der Waals surface area contributed by atoms with E-state index in [9.17, 15) is 13.2 Å². The summed E-state index contributed by atoms with van der Waals surface area (Å²) < 4.78 is 38.5. The molecule has 3 rings (SSSR count). The number of sulfonamides is 1. The van der Waals surface area contributed by atoms with Crippen molar-refractivity contribution in [2.45, 2.75) is 68.9 Å². The Hall–Kier alpha value is -1.22. The van der Waals surface area contributed by atoms with Crippen molar-refractivity contribution < 1.29 is 22.4 Å². The van der Waals surface area contributed by atoms with Crippen LogP contribution >= 0.6 is 0 Å².